The lowest BCUT2D eigenvalue weighted by molar-refractivity contribution is -0.117. The molecule has 0 bridgehead atoms. The van der Waals surface area contributed by atoms with E-state index in [4.69, 9.17) is 4.74 Å². The number of rotatable bonds is 8. The van der Waals surface area contributed by atoms with E-state index in [1.54, 1.807) is 7.11 Å². The van der Waals surface area contributed by atoms with Crippen molar-refractivity contribution in [2.75, 3.05) is 19.4 Å². The normalized spacial score (nSPS) is 10.4. The van der Waals surface area contributed by atoms with Gasteiger partial charge in [-0.1, -0.05) is 30.8 Å². The second-order valence-electron chi connectivity index (χ2n) is 5.34. The fourth-order valence-electron chi connectivity index (χ4n) is 2.28. The van der Waals surface area contributed by atoms with Gasteiger partial charge in [0.2, 0.25) is 5.91 Å². The number of benzene rings is 1. The predicted molar refractivity (Wildman–Crippen MR) is 100 cm³/mol. The number of amides is 3. The molecule has 140 valence electrons. The average Bonchev–Trinajstić information content (AvgIpc) is 3.07. The summed E-state index contributed by atoms with van der Waals surface area (Å²) in [7, 11) is 1.61. The first kappa shape index (κ1) is 19.8. The van der Waals surface area contributed by atoms with E-state index in [1.165, 1.54) is 11.8 Å². The van der Waals surface area contributed by atoms with Crippen LogP contribution in [0.2, 0.25) is 0 Å². The Hall–Kier alpha value is -2.55. The van der Waals surface area contributed by atoms with E-state index >= 15 is 0 Å². The van der Waals surface area contributed by atoms with Gasteiger partial charge < -0.3 is 14.6 Å². The van der Waals surface area contributed by atoms with E-state index in [0.29, 0.717) is 29.8 Å². The maximum absolute atomic E-state index is 11.9. The third kappa shape index (κ3) is 4.98. The Balaban J connectivity index is 2.06. The van der Waals surface area contributed by atoms with Gasteiger partial charge in [0.05, 0.1) is 18.4 Å². The standard InChI is InChI=1S/C17H23N5O3S/c1-4-10-18-16(24)19-14(23)11-26-17-21-20-15(22(17)5-2)12-8-6-7-9-13(12)25-3/h6-9H,4-5,10-11H2,1-3H3,(H2,18,19,23,24). The van der Waals surface area contributed by atoms with Crippen molar-refractivity contribution < 1.29 is 14.3 Å². The van der Waals surface area contributed by atoms with Crippen LogP contribution >= 0.6 is 11.8 Å². The largest absolute Gasteiger partial charge is 0.496 e. The summed E-state index contributed by atoms with van der Waals surface area (Å²) in [6.07, 6.45) is 0.807. The van der Waals surface area contributed by atoms with Gasteiger partial charge in [0.1, 0.15) is 5.75 Å². The van der Waals surface area contributed by atoms with Crippen LogP contribution in [0.5, 0.6) is 5.75 Å². The van der Waals surface area contributed by atoms with Crippen molar-refractivity contribution in [2.24, 2.45) is 0 Å². The number of para-hydroxylation sites is 1. The molecule has 2 N–H and O–H groups in total. The molecule has 1 heterocycles. The number of thioether (sulfide) groups is 1. The first-order valence-corrected chi connectivity index (χ1v) is 9.36. The Kier molecular flexibility index (Phi) is 7.46. The average molecular weight is 377 g/mol. The molecule has 1 aromatic heterocycles. The number of nitrogens with one attached hydrogen (secondary N) is 2. The van der Waals surface area contributed by atoms with E-state index in [9.17, 15) is 9.59 Å². The molecule has 0 saturated heterocycles. The van der Waals surface area contributed by atoms with Crippen molar-refractivity contribution in [3.63, 3.8) is 0 Å². The fourth-order valence-corrected chi connectivity index (χ4v) is 3.09. The molecule has 2 rings (SSSR count). The lowest BCUT2D eigenvalue weighted by atomic mass is 10.2. The molecule has 0 atom stereocenters. The lowest BCUT2D eigenvalue weighted by Gasteiger charge is -2.10. The molecule has 0 spiro atoms. The number of hydrogen-bond donors (Lipinski definition) is 2. The van der Waals surface area contributed by atoms with Crippen molar-refractivity contribution in [1.82, 2.24) is 25.4 Å². The summed E-state index contributed by atoms with van der Waals surface area (Å²) in [5.74, 6) is 1.07. The molecule has 2 aromatic rings. The Labute approximate surface area is 156 Å². The highest BCUT2D eigenvalue weighted by Gasteiger charge is 2.17. The molecular weight excluding hydrogens is 354 g/mol. The van der Waals surface area contributed by atoms with Crippen LogP contribution in [-0.2, 0) is 11.3 Å². The molecule has 0 fully saturated rings. The summed E-state index contributed by atoms with van der Waals surface area (Å²) in [6.45, 7) is 5.08. The van der Waals surface area contributed by atoms with Gasteiger partial charge in [0, 0.05) is 13.1 Å². The first-order valence-electron chi connectivity index (χ1n) is 8.37. The minimum Gasteiger partial charge on any atom is -0.496 e. The summed E-state index contributed by atoms with van der Waals surface area (Å²) >= 11 is 1.23. The molecule has 26 heavy (non-hydrogen) atoms. The smallest absolute Gasteiger partial charge is 0.321 e. The highest BCUT2D eigenvalue weighted by Crippen LogP contribution is 2.30. The van der Waals surface area contributed by atoms with Crippen LogP contribution in [-0.4, -0.2) is 46.1 Å². The summed E-state index contributed by atoms with van der Waals surface area (Å²) < 4.78 is 7.30. The van der Waals surface area contributed by atoms with E-state index in [-0.39, 0.29) is 11.7 Å². The SMILES string of the molecule is CCCNC(=O)NC(=O)CSc1nnc(-c2ccccc2OC)n1CC. The van der Waals surface area contributed by atoms with Gasteiger partial charge in [-0.05, 0) is 25.5 Å². The van der Waals surface area contributed by atoms with Gasteiger partial charge >= 0.3 is 6.03 Å². The van der Waals surface area contributed by atoms with Gasteiger partial charge in [-0.25, -0.2) is 4.79 Å². The quantitative estimate of drug-likeness (QED) is 0.685. The molecule has 1 aromatic carbocycles. The number of aromatic nitrogens is 3. The maximum atomic E-state index is 11.9. The summed E-state index contributed by atoms with van der Waals surface area (Å²) in [4.78, 5) is 23.4. The van der Waals surface area contributed by atoms with Gasteiger partial charge in [-0.15, -0.1) is 10.2 Å². The van der Waals surface area contributed by atoms with Crippen LogP contribution in [0.25, 0.3) is 11.4 Å². The second kappa shape index (κ2) is 9.81. The van der Waals surface area contributed by atoms with E-state index < -0.39 is 6.03 Å². The van der Waals surface area contributed by atoms with E-state index in [1.807, 2.05) is 42.7 Å². The van der Waals surface area contributed by atoms with Crippen LogP contribution in [0.1, 0.15) is 20.3 Å². The fraction of sp³-hybridized carbons (Fsp3) is 0.412. The first-order chi connectivity index (χ1) is 12.6. The monoisotopic (exact) mass is 377 g/mol. The number of methoxy groups -OCH3 is 1. The Bertz CT molecular complexity index is 763. The highest BCUT2D eigenvalue weighted by molar-refractivity contribution is 7.99. The van der Waals surface area contributed by atoms with Gasteiger partial charge in [0.25, 0.3) is 0 Å². The van der Waals surface area contributed by atoms with Crippen molar-refractivity contribution in [2.45, 2.75) is 32.0 Å². The van der Waals surface area contributed by atoms with E-state index in [0.717, 1.165) is 12.0 Å². The Morgan fingerprint density at radius 3 is 2.69 bits per heavy atom. The number of urea groups is 1. The number of nitrogens with zero attached hydrogens (tertiary/aromatic N) is 3. The van der Waals surface area contributed by atoms with E-state index in [2.05, 4.69) is 20.8 Å². The van der Waals surface area contributed by atoms with Gasteiger partial charge in [0.15, 0.2) is 11.0 Å². The van der Waals surface area contributed by atoms with Crippen LogP contribution in [0.15, 0.2) is 29.4 Å². The molecule has 0 saturated carbocycles. The highest BCUT2D eigenvalue weighted by atomic mass is 32.2. The molecule has 0 aliphatic heterocycles. The van der Waals surface area contributed by atoms with Crippen LogP contribution in [0.4, 0.5) is 4.79 Å². The third-order valence-electron chi connectivity index (χ3n) is 3.50. The summed E-state index contributed by atoms with van der Waals surface area (Å²) in [5.41, 5.74) is 0.833. The van der Waals surface area contributed by atoms with Crippen molar-refractivity contribution in [1.29, 1.82) is 0 Å². The maximum Gasteiger partial charge on any atom is 0.321 e. The van der Waals surface area contributed by atoms with Crippen LogP contribution in [0, 0.1) is 0 Å². The molecule has 8 nitrogen and oxygen atoms in total. The van der Waals surface area contributed by atoms with Gasteiger partial charge in [-0.3, -0.25) is 10.1 Å². The topological polar surface area (TPSA) is 98.1 Å². The summed E-state index contributed by atoms with van der Waals surface area (Å²) in [5, 5.41) is 13.9. The number of hydrogen-bond acceptors (Lipinski definition) is 6. The molecule has 3 amide bonds. The zero-order valence-electron chi connectivity index (χ0n) is 15.1. The molecule has 0 unspecified atom stereocenters. The van der Waals surface area contributed by atoms with Crippen molar-refractivity contribution in [3.8, 4) is 17.1 Å². The Morgan fingerprint density at radius 1 is 1.23 bits per heavy atom. The molecule has 0 radical (unpaired) electrons. The second-order valence-corrected chi connectivity index (χ2v) is 6.29. The zero-order valence-corrected chi connectivity index (χ0v) is 15.9. The summed E-state index contributed by atoms with van der Waals surface area (Å²) in [6, 6.07) is 7.08. The Morgan fingerprint density at radius 2 is 2.00 bits per heavy atom. The zero-order chi connectivity index (χ0) is 18.9. The number of carbonyl (C=O) groups excluding carboxylic acids is 2. The van der Waals surface area contributed by atoms with Crippen LogP contribution in [0.3, 0.4) is 0 Å². The van der Waals surface area contributed by atoms with Crippen molar-refractivity contribution in [3.05, 3.63) is 24.3 Å². The minimum atomic E-state index is -0.482. The minimum absolute atomic E-state index is 0.0730. The number of ether oxygens (including phenoxy) is 1. The van der Waals surface area contributed by atoms with Gasteiger partial charge in [-0.2, -0.15) is 0 Å². The third-order valence-corrected chi connectivity index (χ3v) is 4.47. The molecule has 0 aliphatic carbocycles. The predicted octanol–water partition coefficient (Wildman–Crippen LogP) is 2.30. The number of imide groups is 1. The van der Waals surface area contributed by atoms with Crippen LogP contribution < -0.4 is 15.4 Å². The lowest BCUT2D eigenvalue weighted by Crippen LogP contribution is -2.40. The molecule has 0 aliphatic rings. The molecular formula is C17H23N5O3S. The van der Waals surface area contributed by atoms with Crippen molar-refractivity contribution >= 4 is 23.7 Å². The molecule has 9 heteroatoms. The number of carbonyl (C=O) groups is 2.